The number of urea groups is 1. The molecular weight excluding hydrogens is 216 g/mol. The highest BCUT2D eigenvalue weighted by Crippen LogP contribution is 2.28. The Kier molecular flexibility index (Phi) is 3.84. The summed E-state index contributed by atoms with van der Waals surface area (Å²) in [5.41, 5.74) is -0.229. The van der Waals surface area contributed by atoms with Gasteiger partial charge in [0, 0.05) is 18.5 Å². The Morgan fingerprint density at radius 2 is 1.94 bits per heavy atom. The zero-order chi connectivity index (χ0) is 13.4. The molecule has 0 bridgehead atoms. The topological polar surface area (TPSA) is 40.6 Å². The van der Waals surface area contributed by atoms with E-state index in [-0.39, 0.29) is 23.5 Å². The van der Waals surface area contributed by atoms with Crippen LogP contribution in [0, 0.1) is 5.92 Å². The summed E-state index contributed by atoms with van der Waals surface area (Å²) in [5, 5.41) is 0. The molecule has 1 heterocycles. The molecule has 0 N–H and O–H groups in total. The maximum Gasteiger partial charge on any atom is 0.327 e. The SMILES string of the molecule is CCC(=O)N1C(=O)N(C(C)(C)C)C[C@@H]1C(C)C. The lowest BCUT2D eigenvalue weighted by molar-refractivity contribution is -0.129. The number of nitrogens with zero attached hydrogens (tertiary/aromatic N) is 2. The van der Waals surface area contributed by atoms with Crippen molar-refractivity contribution in [2.24, 2.45) is 5.92 Å². The summed E-state index contributed by atoms with van der Waals surface area (Å²) >= 11 is 0. The van der Waals surface area contributed by atoms with Gasteiger partial charge in [0.2, 0.25) is 5.91 Å². The molecule has 98 valence electrons. The summed E-state index contributed by atoms with van der Waals surface area (Å²) in [4.78, 5) is 27.4. The van der Waals surface area contributed by atoms with E-state index in [9.17, 15) is 9.59 Å². The van der Waals surface area contributed by atoms with E-state index in [2.05, 4.69) is 13.8 Å². The average molecular weight is 240 g/mol. The molecule has 17 heavy (non-hydrogen) atoms. The fraction of sp³-hybridized carbons (Fsp3) is 0.846. The molecule has 0 aromatic heterocycles. The summed E-state index contributed by atoms with van der Waals surface area (Å²) in [6, 6.07) is -0.128. The Morgan fingerprint density at radius 1 is 1.41 bits per heavy atom. The Balaban J connectivity index is 3.02. The largest absolute Gasteiger partial charge is 0.327 e. The Labute approximate surface area is 104 Å². The summed E-state index contributed by atoms with van der Waals surface area (Å²) in [6.45, 7) is 12.6. The highest BCUT2D eigenvalue weighted by atomic mass is 16.2. The van der Waals surface area contributed by atoms with Crippen molar-refractivity contribution in [2.45, 2.75) is 59.5 Å². The second-order valence-electron chi connectivity index (χ2n) is 5.99. The number of carbonyl (C=O) groups is 2. The summed E-state index contributed by atoms with van der Waals surface area (Å²) in [6.07, 6.45) is 0.382. The molecule has 0 saturated carbocycles. The quantitative estimate of drug-likeness (QED) is 0.744. The van der Waals surface area contributed by atoms with Gasteiger partial charge in [-0.2, -0.15) is 0 Å². The minimum absolute atomic E-state index is 0.00850. The molecular formula is C13H24N2O2. The highest BCUT2D eigenvalue weighted by Gasteiger charge is 2.45. The maximum atomic E-state index is 12.3. The Hall–Kier alpha value is -1.06. The van der Waals surface area contributed by atoms with E-state index < -0.39 is 0 Å². The summed E-state index contributed by atoms with van der Waals surface area (Å²) < 4.78 is 0. The maximum absolute atomic E-state index is 12.3. The van der Waals surface area contributed by atoms with Crippen LogP contribution >= 0.6 is 0 Å². The molecule has 1 aliphatic rings. The van der Waals surface area contributed by atoms with Crippen LogP contribution in [0.2, 0.25) is 0 Å². The number of rotatable bonds is 2. The Bertz CT molecular complexity index is 318. The van der Waals surface area contributed by atoms with Crippen LogP contribution in [0.3, 0.4) is 0 Å². The van der Waals surface area contributed by atoms with Crippen LogP contribution < -0.4 is 0 Å². The van der Waals surface area contributed by atoms with Gasteiger partial charge in [-0.3, -0.25) is 9.69 Å². The molecule has 1 rings (SSSR count). The molecule has 0 radical (unpaired) electrons. The van der Waals surface area contributed by atoms with Crippen molar-refractivity contribution >= 4 is 11.9 Å². The van der Waals surface area contributed by atoms with Crippen LogP contribution in [-0.2, 0) is 4.79 Å². The lowest BCUT2D eigenvalue weighted by Crippen LogP contribution is -2.45. The Morgan fingerprint density at radius 3 is 2.29 bits per heavy atom. The third-order valence-electron chi connectivity index (χ3n) is 3.29. The van der Waals surface area contributed by atoms with Gasteiger partial charge in [-0.25, -0.2) is 4.79 Å². The normalized spacial score (nSPS) is 21.6. The molecule has 1 fully saturated rings. The van der Waals surface area contributed by atoms with Gasteiger partial charge in [-0.1, -0.05) is 20.8 Å². The molecule has 1 atom stereocenters. The number of amides is 3. The van der Waals surface area contributed by atoms with Crippen LogP contribution in [0.4, 0.5) is 4.79 Å². The summed E-state index contributed by atoms with van der Waals surface area (Å²) in [7, 11) is 0. The van der Waals surface area contributed by atoms with Crippen molar-refractivity contribution in [3.05, 3.63) is 0 Å². The van der Waals surface area contributed by atoms with Crippen molar-refractivity contribution in [1.82, 2.24) is 9.80 Å². The predicted molar refractivity (Wildman–Crippen MR) is 67.6 cm³/mol. The van der Waals surface area contributed by atoms with Gasteiger partial charge >= 0.3 is 6.03 Å². The molecule has 0 spiro atoms. The van der Waals surface area contributed by atoms with Crippen LogP contribution in [0.5, 0.6) is 0 Å². The third kappa shape index (κ3) is 2.61. The van der Waals surface area contributed by atoms with Crippen molar-refractivity contribution < 1.29 is 9.59 Å². The van der Waals surface area contributed by atoms with Gasteiger partial charge in [0.1, 0.15) is 0 Å². The van der Waals surface area contributed by atoms with E-state index in [1.807, 2.05) is 20.8 Å². The molecule has 0 aromatic rings. The molecule has 4 nitrogen and oxygen atoms in total. The molecule has 0 aromatic carbocycles. The lowest BCUT2D eigenvalue weighted by Gasteiger charge is -2.31. The first-order valence-corrected chi connectivity index (χ1v) is 6.33. The molecule has 4 heteroatoms. The van der Waals surface area contributed by atoms with E-state index in [4.69, 9.17) is 0 Å². The van der Waals surface area contributed by atoms with Crippen molar-refractivity contribution in [3.8, 4) is 0 Å². The van der Waals surface area contributed by atoms with Crippen LogP contribution in [-0.4, -0.2) is 39.9 Å². The molecule has 3 amide bonds. The monoisotopic (exact) mass is 240 g/mol. The van der Waals surface area contributed by atoms with Gasteiger partial charge in [0.15, 0.2) is 0 Å². The van der Waals surface area contributed by atoms with Crippen molar-refractivity contribution in [2.75, 3.05) is 6.54 Å². The average Bonchev–Trinajstić information content (AvgIpc) is 2.54. The van der Waals surface area contributed by atoms with Gasteiger partial charge < -0.3 is 4.90 Å². The van der Waals surface area contributed by atoms with E-state index in [1.54, 1.807) is 11.8 Å². The van der Waals surface area contributed by atoms with E-state index in [1.165, 1.54) is 4.90 Å². The fourth-order valence-electron chi connectivity index (χ4n) is 2.15. The summed E-state index contributed by atoms with van der Waals surface area (Å²) in [5.74, 6) is 0.224. The molecule has 0 aliphatic carbocycles. The highest BCUT2D eigenvalue weighted by molar-refractivity contribution is 5.96. The van der Waals surface area contributed by atoms with Gasteiger partial charge in [0.05, 0.1) is 6.04 Å². The second kappa shape index (κ2) is 4.67. The first-order valence-electron chi connectivity index (χ1n) is 6.33. The number of hydrogen-bond acceptors (Lipinski definition) is 2. The van der Waals surface area contributed by atoms with Crippen molar-refractivity contribution in [3.63, 3.8) is 0 Å². The standard InChI is InChI=1S/C13H24N2O2/c1-7-11(16)15-10(9(2)3)8-14(12(15)17)13(4,5)6/h9-10H,7-8H2,1-6H3/t10-/m1/s1. The van der Waals surface area contributed by atoms with E-state index in [0.29, 0.717) is 18.9 Å². The van der Waals surface area contributed by atoms with Gasteiger partial charge in [-0.05, 0) is 26.7 Å². The van der Waals surface area contributed by atoms with E-state index in [0.717, 1.165) is 0 Å². The number of carbonyl (C=O) groups excluding carboxylic acids is 2. The van der Waals surface area contributed by atoms with Crippen LogP contribution in [0.25, 0.3) is 0 Å². The number of hydrogen-bond donors (Lipinski definition) is 0. The number of imide groups is 1. The first kappa shape index (κ1) is 14.0. The predicted octanol–water partition coefficient (Wildman–Crippen LogP) is 2.48. The zero-order valence-corrected chi connectivity index (χ0v) is 11.8. The molecule has 0 unspecified atom stereocenters. The fourth-order valence-corrected chi connectivity index (χ4v) is 2.15. The second-order valence-corrected chi connectivity index (χ2v) is 5.99. The molecule has 1 saturated heterocycles. The third-order valence-corrected chi connectivity index (χ3v) is 3.29. The smallest absolute Gasteiger partial charge is 0.317 e. The van der Waals surface area contributed by atoms with Crippen molar-refractivity contribution in [1.29, 1.82) is 0 Å². The van der Waals surface area contributed by atoms with E-state index >= 15 is 0 Å². The first-order chi connectivity index (χ1) is 7.70. The lowest BCUT2D eigenvalue weighted by atomic mass is 10.0. The zero-order valence-electron chi connectivity index (χ0n) is 11.8. The van der Waals surface area contributed by atoms with Crippen LogP contribution in [0.15, 0.2) is 0 Å². The van der Waals surface area contributed by atoms with Gasteiger partial charge in [-0.15, -0.1) is 0 Å². The minimum Gasteiger partial charge on any atom is -0.317 e. The minimum atomic E-state index is -0.229. The molecule has 1 aliphatic heterocycles. The van der Waals surface area contributed by atoms with Crippen LogP contribution in [0.1, 0.15) is 48.0 Å². The van der Waals surface area contributed by atoms with Gasteiger partial charge in [0.25, 0.3) is 0 Å².